The lowest BCUT2D eigenvalue weighted by atomic mass is 10.1. The van der Waals surface area contributed by atoms with E-state index >= 15 is 0 Å². The van der Waals surface area contributed by atoms with Gasteiger partial charge in [-0.3, -0.25) is 9.67 Å². The Balaban J connectivity index is 1.58. The molecule has 0 unspecified atom stereocenters. The van der Waals surface area contributed by atoms with E-state index < -0.39 is 0 Å². The van der Waals surface area contributed by atoms with Crippen molar-refractivity contribution in [2.24, 2.45) is 7.05 Å². The topological polar surface area (TPSA) is 81.0 Å². The average Bonchev–Trinajstić information content (AvgIpc) is 3.25. The van der Waals surface area contributed by atoms with Crippen LogP contribution in [0.3, 0.4) is 0 Å². The lowest BCUT2D eigenvalue weighted by Crippen LogP contribution is -2.19. The number of hydrogen-bond acceptors (Lipinski definition) is 7. The van der Waals surface area contributed by atoms with E-state index in [1.165, 1.54) is 0 Å². The van der Waals surface area contributed by atoms with Crippen LogP contribution in [-0.4, -0.2) is 56.9 Å². The molecule has 0 aliphatic rings. The van der Waals surface area contributed by atoms with Crippen LogP contribution < -0.4 is 10.1 Å². The summed E-state index contributed by atoms with van der Waals surface area (Å²) in [7, 11) is 5.96. The van der Waals surface area contributed by atoms with Gasteiger partial charge in [-0.25, -0.2) is 9.97 Å². The summed E-state index contributed by atoms with van der Waals surface area (Å²) < 4.78 is 8.03. The van der Waals surface area contributed by atoms with Gasteiger partial charge in [-0.05, 0) is 56.1 Å². The van der Waals surface area contributed by atoms with Crippen LogP contribution in [0.4, 0.5) is 11.5 Å². The van der Waals surface area contributed by atoms with Crippen molar-refractivity contribution in [1.82, 2.24) is 29.6 Å². The van der Waals surface area contributed by atoms with Crippen LogP contribution in [0.25, 0.3) is 32.9 Å². The number of ether oxygens (including phenoxy) is 1. The summed E-state index contributed by atoms with van der Waals surface area (Å²) in [5.41, 5.74) is 4.68. The standard InChI is InChI=1S/C25H25N7O/c1-31(2)9-10-33-23-13-18(19-14-29-32(3)15-19)12-22-24(23)25(28-16-27-22)30-20-6-7-21-17(11-20)5-4-8-26-21/h4-8,11-16H,9-10H2,1-3H3,(H,27,28,30). The fraction of sp³-hybridized carbons (Fsp3) is 0.200. The van der Waals surface area contributed by atoms with Crippen LogP contribution in [0, 0.1) is 0 Å². The number of fused-ring (bicyclic) bond motifs is 2. The molecule has 33 heavy (non-hydrogen) atoms. The largest absolute Gasteiger partial charge is 0.491 e. The van der Waals surface area contributed by atoms with Gasteiger partial charge in [0, 0.05) is 42.6 Å². The molecule has 5 rings (SSSR count). The normalized spacial score (nSPS) is 11.4. The van der Waals surface area contributed by atoms with Crippen molar-refractivity contribution in [3.8, 4) is 16.9 Å². The molecule has 0 fully saturated rings. The second kappa shape index (κ2) is 8.84. The Hall–Kier alpha value is -4.04. The molecule has 0 atom stereocenters. The number of benzene rings is 2. The second-order valence-corrected chi connectivity index (χ2v) is 8.18. The summed E-state index contributed by atoms with van der Waals surface area (Å²) in [5, 5.41) is 9.66. The van der Waals surface area contributed by atoms with Gasteiger partial charge >= 0.3 is 0 Å². The van der Waals surface area contributed by atoms with Crippen molar-refractivity contribution in [1.29, 1.82) is 0 Å². The molecular weight excluding hydrogens is 414 g/mol. The summed E-state index contributed by atoms with van der Waals surface area (Å²) in [6.07, 6.45) is 7.19. The number of hydrogen-bond donors (Lipinski definition) is 1. The van der Waals surface area contributed by atoms with E-state index in [0.717, 1.165) is 50.9 Å². The van der Waals surface area contributed by atoms with Gasteiger partial charge in [-0.15, -0.1) is 0 Å². The van der Waals surface area contributed by atoms with Crippen molar-refractivity contribution in [3.05, 3.63) is 67.4 Å². The first-order valence-corrected chi connectivity index (χ1v) is 10.7. The first-order valence-electron chi connectivity index (χ1n) is 10.7. The number of rotatable bonds is 7. The van der Waals surface area contributed by atoms with Gasteiger partial charge in [0.05, 0.1) is 22.6 Å². The number of anilines is 2. The van der Waals surface area contributed by atoms with Crippen LogP contribution in [0.5, 0.6) is 5.75 Å². The van der Waals surface area contributed by atoms with Crippen molar-refractivity contribution in [2.75, 3.05) is 32.6 Å². The summed E-state index contributed by atoms with van der Waals surface area (Å²) >= 11 is 0. The van der Waals surface area contributed by atoms with Crippen LogP contribution >= 0.6 is 0 Å². The minimum absolute atomic E-state index is 0.550. The maximum absolute atomic E-state index is 6.25. The summed E-state index contributed by atoms with van der Waals surface area (Å²) in [6, 6.07) is 14.1. The maximum atomic E-state index is 6.25. The second-order valence-electron chi connectivity index (χ2n) is 8.18. The molecule has 3 aromatic heterocycles. The van der Waals surface area contributed by atoms with E-state index in [-0.39, 0.29) is 0 Å². The van der Waals surface area contributed by atoms with Crippen LogP contribution in [-0.2, 0) is 7.05 Å². The Morgan fingerprint density at radius 3 is 2.73 bits per heavy atom. The molecule has 0 spiro atoms. The third-order valence-electron chi connectivity index (χ3n) is 5.40. The molecule has 0 saturated carbocycles. The van der Waals surface area contributed by atoms with E-state index in [0.29, 0.717) is 12.4 Å². The lowest BCUT2D eigenvalue weighted by Gasteiger charge is -2.16. The molecular formula is C25H25N7O. The third kappa shape index (κ3) is 4.47. The van der Waals surface area contributed by atoms with Gasteiger partial charge in [-0.1, -0.05) is 6.07 Å². The van der Waals surface area contributed by atoms with Crippen molar-refractivity contribution >= 4 is 33.3 Å². The molecule has 166 valence electrons. The molecule has 0 bridgehead atoms. The quantitative estimate of drug-likeness (QED) is 0.406. The number of nitrogens with one attached hydrogen (secondary N) is 1. The molecule has 5 aromatic rings. The summed E-state index contributed by atoms with van der Waals surface area (Å²) in [6.45, 7) is 1.35. The Labute approximate surface area is 191 Å². The molecule has 0 aliphatic heterocycles. The minimum atomic E-state index is 0.550. The van der Waals surface area contributed by atoms with Gasteiger partial charge in [0.2, 0.25) is 0 Å². The highest BCUT2D eigenvalue weighted by molar-refractivity contribution is 5.99. The van der Waals surface area contributed by atoms with Crippen LogP contribution in [0.15, 0.2) is 67.4 Å². The highest BCUT2D eigenvalue weighted by Gasteiger charge is 2.15. The Kier molecular flexibility index (Phi) is 5.58. The van der Waals surface area contributed by atoms with Crippen molar-refractivity contribution in [3.63, 3.8) is 0 Å². The third-order valence-corrected chi connectivity index (χ3v) is 5.40. The Bertz CT molecular complexity index is 1430. The van der Waals surface area contributed by atoms with E-state index in [1.54, 1.807) is 17.2 Å². The zero-order chi connectivity index (χ0) is 22.8. The smallest absolute Gasteiger partial charge is 0.145 e. The molecule has 0 amide bonds. The molecule has 2 aromatic carbocycles. The number of likely N-dealkylation sites (N-methyl/N-ethyl adjacent to an activating group) is 1. The SMILES string of the molecule is CN(C)CCOc1cc(-c2cnn(C)c2)cc2ncnc(Nc3ccc4ncccc4c3)c12. The maximum Gasteiger partial charge on any atom is 0.145 e. The molecule has 8 heteroatoms. The van der Waals surface area contributed by atoms with E-state index in [9.17, 15) is 0 Å². The first-order chi connectivity index (χ1) is 16.1. The number of pyridine rings is 1. The van der Waals surface area contributed by atoms with E-state index in [4.69, 9.17) is 4.74 Å². The van der Waals surface area contributed by atoms with Gasteiger partial charge in [0.15, 0.2) is 0 Å². The predicted octanol–water partition coefficient (Wildman–Crippen LogP) is 4.26. The summed E-state index contributed by atoms with van der Waals surface area (Å²) in [5.74, 6) is 1.43. The van der Waals surface area contributed by atoms with Gasteiger partial charge in [0.25, 0.3) is 0 Å². The van der Waals surface area contributed by atoms with Crippen LogP contribution in [0.2, 0.25) is 0 Å². The molecule has 0 saturated heterocycles. The molecule has 0 aliphatic carbocycles. The molecule has 3 heterocycles. The van der Waals surface area contributed by atoms with Crippen LogP contribution in [0.1, 0.15) is 0 Å². The number of aryl methyl sites for hydroxylation is 1. The highest BCUT2D eigenvalue weighted by Crippen LogP contribution is 2.36. The number of aromatic nitrogens is 5. The van der Waals surface area contributed by atoms with Gasteiger partial charge in [0.1, 0.15) is 24.5 Å². The number of nitrogens with zero attached hydrogens (tertiary/aromatic N) is 6. The fourth-order valence-corrected chi connectivity index (χ4v) is 3.73. The average molecular weight is 440 g/mol. The highest BCUT2D eigenvalue weighted by atomic mass is 16.5. The van der Waals surface area contributed by atoms with Gasteiger partial charge in [-0.2, -0.15) is 5.10 Å². The van der Waals surface area contributed by atoms with E-state index in [1.807, 2.05) is 69.9 Å². The fourth-order valence-electron chi connectivity index (χ4n) is 3.73. The lowest BCUT2D eigenvalue weighted by molar-refractivity contribution is 0.264. The zero-order valence-corrected chi connectivity index (χ0v) is 18.9. The predicted molar refractivity (Wildman–Crippen MR) is 131 cm³/mol. The van der Waals surface area contributed by atoms with Gasteiger partial charge < -0.3 is 15.0 Å². The van der Waals surface area contributed by atoms with Crippen molar-refractivity contribution in [2.45, 2.75) is 0 Å². The molecule has 0 radical (unpaired) electrons. The van der Waals surface area contributed by atoms with E-state index in [2.05, 4.69) is 36.3 Å². The Morgan fingerprint density at radius 1 is 1.00 bits per heavy atom. The molecule has 8 nitrogen and oxygen atoms in total. The summed E-state index contributed by atoms with van der Waals surface area (Å²) in [4.78, 5) is 15.6. The minimum Gasteiger partial charge on any atom is -0.491 e. The monoisotopic (exact) mass is 439 g/mol. The first kappa shape index (κ1) is 20.8. The molecule has 1 N–H and O–H groups in total. The Morgan fingerprint density at radius 2 is 1.91 bits per heavy atom. The zero-order valence-electron chi connectivity index (χ0n) is 18.9. The van der Waals surface area contributed by atoms with Crippen molar-refractivity contribution < 1.29 is 4.74 Å².